The third-order valence-electron chi connectivity index (χ3n) is 6.03. The van der Waals surface area contributed by atoms with E-state index in [0.717, 1.165) is 24.0 Å². The number of aliphatic hydroxyl groups is 1. The van der Waals surface area contributed by atoms with E-state index in [1.165, 1.54) is 28.5 Å². The van der Waals surface area contributed by atoms with Crippen molar-refractivity contribution >= 4 is 17.0 Å². The van der Waals surface area contributed by atoms with Gasteiger partial charge >= 0.3 is 0 Å². The topological polar surface area (TPSA) is 33.4 Å². The van der Waals surface area contributed by atoms with Gasteiger partial charge in [0.1, 0.15) is 5.58 Å². The minimum absolute atomic E-state index is 0.0605. The molecule has 4 rings (SSSR count). The number of rotatable bonds is 4. The van der Waals surface area contributed by atoms with Gasteiger partial charge < -0.3 is 9.52 Å². The lowest BCUT2D eigenvalue weighted by atomic mass is 9.65. The lowest BCUT2D eigenvalue weighted by molar-refractivity contribution is 0.343. The van der Waals surface area contributed by atoms with Crippen LogP contribution in [0.25, 0.3) is 17.0 Å². The Hall–Kier alpha value is -1.80. The quantitative estimate of drug-likeness (QED) is 0.748. The number of aliphatic hydroxyl groups excluding tert-OH is 1. The van der Waals surface area contributed by atoms with E-state index in [4.69, 9.17) is 4.42 Å². The number of furan rings is 1. The summed E-state index contributed by atoms with van der Waals surface area (Å²) in [5, 5.41) is 10.5. The third-order valence-corrected chi connectivity index (χ3v) is 6.03. The maximum atomic E-state index is 9.19. The molecule has 0 fully saturated rings. The maximum Gasteiger partial charge on any atom is 0.141 e. The summed E-state index contributed by atoms with van der Waals surface area (Å²) in [4.78, 5) is 0. The Morgan fingerprint density at radius 1 is 1.25 bits per heavy atom. The van der Waals surface area contributed by atoms with Crippen LogP contribution < -0.4 is 0 Å². The predicted molar refractivity (Wildman–Crippen MR) is 99.3 cm³/mol. The van der Waals surface area contributed by atoms with Gasteiger partial charge in [0.05, 0.1) is 12.9 Å². The molecule has 1 aromatic carbocycles. The fourth-order valence-corrected chi connectivity index (χ4v) is 4.84. The number of hydrogen-bond acceptors (Lipinski definition) is 2. The van der Waals surface area contributed by atoms with Gasteiger partial charge in [-0.25, -0.2) is 0 Å². The highest BCUT2D eigenvalue weighted by atomic mass is 16.3. The number of aryl methyl sites for hydroxylation is 1. The zero-order valence-electron chi connectivity index (χ0n) is 14.8. The maximum absolute atomic E-state index is 9.19. The zero-order chi connectivity index (χ0) is 16.8. The Kier molecular flexibility index (Phi) is 3.88. The molecular formula is C22H26O2. The molecule has 0 radical (unpaired) electrons. The molecule has 0 aliphatic heterocycles. The molecule has 0 amide bonds. The SMILES string of the molecule is CCC1=C[C@H](C)C2CC1c1cc(CC)c(/C=C\CO)c3occ2c13. The first kappa shape index (κ1) is 15.7. The van der Waals surface area contributed by atoms with E-state index >= 15 is 0 Å². The first-order valence-corrected chi connectivity index (χ1v) is 9.24. The van der Waals surface area contributed by atoms with Gasteiger partial charge in [0, 0.05) is 22.4 Å². The van der Waals surface area contributed by atoms with E-state index < -0.39 is 0 Å². The molecule has 2 nitrogen and oxygen atoms in total. The first-order valence-electron chi connectivity index (χ1n) is 9.24. The molecule has 126 valence electrons. The van der Waals surface area contributed by atoms with Gasteiger partial charge in [-0.2, -0.15) is 0 Å². The molecule has 1 N–H and O–H groups in total. The van der Waals surface area contributed by atoms with E-state index in [2.05, 4.69) is 32.9 Å². The van der Waals surface area contributed by atoms with Gasteiger partial charge in [-0.15, -0.1) is 0 Å². The normalized spacial score (nSPS) is 25.5. The number of benzene rings is 1. The van der Waals surface area contributed by atoms with E-state index in [-0.39, 0.29) is 6.61 Å². The van der Waals surface area contributed by atoms with Crippen molar-refractivity contribution < 1.29 is 9.52 Å². The molecule has 0 spiro atoms. The highest BCUT2D eigenvalue weighted by Gasteiger charge is 2.38. The van der Waals surface area contributed by atoms with Gasteiger partial charge in [0.25, 0.3) is 0 Å². The van der Waals surface area contributed by atoms with Crippen molar-refractivity contribution in [3.8, 4) is 0 Å². The van der Waals surface area contributed by atoms with Crippen molar-refractivity contribution in [3.05, 3.63) is 52.3 Å². The van der Waals surface area contributed by atoms with Crippen molar-refractivity contribution in [3.63, 3.8) is 0 Å². The largest absolute Gasteiger partial charge is 0.463 e. The zero-order valence-corrected chi connectivity index (χ0v) is 14.8. The summed E-state index contributed by atoms with van der Waals surface area (Å²) in [6.45, 7) is 6.87. The minimum Gasteiger partial charge on any atom is -0.463 e. The summed E-state index contributed by atoms with van der Waals surface area (Å²) in [5.74, 6) is 1.69. The van der Waals surface area contributed by atoms with E-state index in [9.17, 15) is 5.11 Å². The predicted octanol–water partition coefficient (Wildman–Crippen LogP) is 5.56. The Morgan fingerprint density at radius 3 is 2.79 bits per heavy atom. The van der Waals surface area contributed by atoms with Crippen LogP contribution in [0.3, 0.4) is 0 Å². The Bertz CT molecular complexity index is 837. The molecular weight excluding hydrogens is 296 g/mol. The van der Waals surface area contributed by atoms with Crippen LogP contribution in [0.15, 0.2) is 34.5 Å². The second-order valence-corrected chi connectivity index (χ2v) is 7.22. The van der Waals surface area contributed by atoms with Gasteiger partial charge in [0.15, 0.2) is 0 Å². The standard InChI is InChI=1S/C22H26O2/c1-4-14-9-13(3)17-11-18(14)19-10-15(5-2)16(7-6-8-23)22-21(19)20(17)12-24-22/h6-7,9-10,12-13,17-18,23H,4-5,8,11H2,1-3H3/b7-6-/t13-,17?,18?/m0/s1. The second kappa shape index (κ2) is 5.93. The van der Waals surface area contributed by atoms with Gasteiger partial charge in [-0.1, -0.05) is 50.6 Å². The third kappa shape index (κ3) is 2.12. The second-order valence-electron chi connectivity index (χ2n) is 7.22. The molecule has 2 unspecified atom stereocenters. The summed E-state index contributed by atoms with van der Waals surface area (Å²) in [6, 6.07) is 2.40. The molecule has 2 aliphatic rings. The molecule has 2 bridgehead atoms. The average Bonchev–Trinajstić information content (AvgIpc) is 3.04. The number of fused-ring (bicyclic) bond motifs is 4. The number of hydrogen-bond donors (Lipinski definition) is 1. The summed E-state index contributed by atoms with van der Waals surface area (Å²) >= 11 is 0. The molecule has 1 aromatic heterocycles. The van der Waals surface area contributed by atoms with Gasteiger partial charge in [-0.05, 0) is 42.2 Å². The van der Waals surface area contributed by atoms with Gasteiger partial charge in [0.2, 0.25) is 0 Å². The van der Waals surface area contributed by atoms with E-state index in [1.807, 2.05) is 18.4 Å². The molecule has 0 saturated heterocycles. The van der Waals surface area contributed by atoms with Crippen molar-refractivity contribution in [2.45, 2.75) is 51.9 Å². The highest BCUT2D eigenvalue weighted by molar-refractivity contribution is 5.94. The van der Waals surface area contributed by atoms with Gasteiger partial charge in [-0.3, -0.25) is 0 Å². The molecule has 2 heteroatoms. The highest BCUT2D eigenvalue weighted by Crippen LogP contribution is 2.54. The Balaban J connectivity index is 2.02. The molecule has 3 atom stereocenters. The molecule has 2 aliphatic carbocycles. The lowest BCUT2D eigenvalue weighted by Gasteiger charge is -2.38. The summed E-state index contributed by atoms with van der Waals surface area (Å²) < 4.78 is 6.10. The van der Waals surface area contributed by atoms with E-state index in [1.54, 1.807) is 5.57 Å². The van der Waals surface area contributed by atoms with Crippen LogP contribution in [0, 0.1) is 5.92 Å². The van der Waals surface area contributed by atoms with E-state index in [0.29, 0.717) is 17.8 Å². The fraction of sp³-hybridized carbons (Fsp3) is 0.455. The van der Waals surface area contributed by atoms with Crippen LogP contribution in [0.4, 0.5) is 0 Å². The van der Waals surface area contributed by atoms with Crippen LogP contribution >= 0.6 is 0 Å². The van der Waals surface area contributed by atoms with Crippen LogP contribution in [0.5, 0.6) is 0 Å². The molecule has 1 heterocycles. The summed E-state index contributed by atoms with van der Waals surface area (Å²) in [5.41, 5.74) is 7.91. The Labute approximate surface area is 143 Å². The Morgan fingerprint density at radius 2 is 2.08 bits per heavy atom. The van der Waals surface area contributed by atoms with Crippen molar-refractivity contribution in [1.29, 1.82) is 0 Å². The monoisotopic (exact) mass is 322 g/mol. The van der Waals surface area contributed by atoms with Crippen molar-refractivity contribution in [2.75, 3.05) is 6.61 Å². The number of allylic oxidation sites excluding steroid dienone is 2. The van der Waals surface area contributed by atoms with Crippen molar-refractivity contribution in [2.24, 2.45) is 5.92 Å². The average molecular weight is 322 g/mol. The van der Waals surface area contributed by atoms with Crippen LogP contribution in [-0.4, -0.2) is 11.7 Å². The molecule has 24 heavy (non-hydrogen) atoms. The van der Waals surface area contributed by atoms with Crippen LogP contribution in [-0.2, 0) is 6.42 Å². The van der Waals surface area contributed by atoms with Crippen LogP contribution in [0.2, 0.25) is 0 Å². The lowest BCUT2D eigenvalue weighted by Crippen LogP contribution is -2.23. The smallest absolute Gasteiger partial charge is 0.141 e. The molecule has 2 aromatic rings. The summed E-state index contributed by atoms with van der Waals surface area (Å²) in [7, 11) is 0. The fourth-order valence-electron chi connectivity index (χ4n) is 4.84. The molecule has 0 saturated carbocycles. The minimum atomic E-state index is 0.0605. The first-order chi connectivity index (χ1) is 11.7. The van der Waals surface area contributed by atoms with Crippen molar-refractivity contribution in [1.82, 2.24) is 0 Å². The summed E-state index contributed by atoms with van der Waals surface area (Å²) in [6.07, 6.45) is 11.7. The van der Waals surface area contributed by atoms with Crippen LogP contribution in [0.1, 0.15) is 67.7 Å².